The molecule has 0 atom stereocenters. The number of amides is 2. The average Bonchev–Trinajstić information content (AvgIpc) is 2.95. The van der Waals surface area contributed by atoms with Gasteiger partial charge < -0.3 is 5.32 Å². The molecule has 1 heterocycles. The maximum absolute atomic E-state index is 11.2. The van der Waals surface area contributed by atoms with E-state index in [0.29, 0.717) is 11.4 Å². The molecule has 2 rings (SSSR count). The van der Waals surface area contributed by atoms with Crippen molar-refractivity contribution in [3.63, 3.8) is 0 Å². The second kappa shape index (κ2) is 6.70. The van der Waals surface area contributed by atoms with Gasteiger partial charge in [-0.05, 0) is 29.3 Å². The van der Waals surface area contributed by atoms with Gasteiger partial charge >= 0.3 is 6.03 Å². The first-order valence-corrected chi connectivity index (χ1v) is 6.70. The minimum absolute atomic E-state index is 0.388. The van der Waals surface area contributed by atoms with Gasteiger partial charge in [0.25, 0.3) is 0 Å². The van der Waals surface area contributed by atoms with Crippen LogP contribution in [0, 0.1) is 11.3 Å². The SMILES string of the molecule is CONC(=O)NCc1cccc(-c2ccc(C#N)s2)c1. The number of hydrogen-bond donors (Lipinski definition) is 2. The lowest BCUT2D eigenvalue weighted by molar-refractivity contribution is 0.107. The van der Waals surface area contributed by atoms with E-state index in [9.17, 15) is 4.79 Å². The van der Waals surface area contributed by atoms with Crippen LogP contribution in [0.15, 0.2) is 36.4 Å². The molecule has 2 N–H and O–H groups in total. The highest BCUT2D eigenvalue weighted by molar-refractivity contribution is 7.16. The van der Waals surface area contributed by atoms with E-state index in [0.717, 1.165) is 16.0 Å². The van der Waals surface area contributed by atoms with Crippen molar-refractivity contribution in [2.24, 2.45) is 0 Å². The zero-order valence-corrected chi connectivity index (χ0v) is 11.7. The second-order valence-electron chi connectivity index (χ2n) is 3.96. The van der Waals surface area contributed by atoms with Crippen LogP contribution in [0.5, 0.6) is 0 Å². The van der Waals surface area contributed by atoms with Crippen LogP contribution in [0.25, 0.3) is 10.4 Å². The largest absolute Gasteiger partial charge is 0.338 e. The fourth-order valence-corrected chi connectivity index (χ4v) is 2.50. The Morgan fingerprint density at radius 3 is 2.95 bits per heavy atom. The maximum Gasteiger partial charge on any atom is 0.338 e. The highest BCUT2D eigenvalue weighted by Crippen LogP contribution is 2.28. The molecule has 0 aliphatic carbocycles. The van der Waals surface area contributed by atoms with Crippen molar-refractivity contribution in [3.05, 3.63) is 46.8 Å². The molecule has 1 aromatic heterocycles. The van der Waals surface area contributed by atoms with Gasteiger partial charge in [-0.25, -0.2) is 10.3 Å². The number of urea groups is 1. The molecule has 0 saturated heterocycles. The molecule has 2 amide bonds. The van der Waals surface area contributed by atoms with Gasteiger partial charge in [0, 0.05) is 11.4 Å². The van der Waals surface area contributed by atoms with E-state index in [-0.39, 0.29) is 6.03 Å². The molecule has 5 nitrogen and oxygen atoms in total. The molecule has 0 aliphatic rings. The number of benzene rings is 1. The third kappa shape index (κ3) is 3.57. The summed E-state index contributed by atoms with van der Waals surface area (Å²) in [7, 11) is 1.38. The number of thiophene rings is 1. The van der Waals surface area contributed by atoms with Crippen molar-refractivity contribution in [3.8, 4) is 16.5 Å². The molecule has 2 aromatic rings. The lowest BCUT2D eigenvalue weighted by Gasteiger charge is -2.06. The first kappa shape index (κ1) is 14.1. The minimum atomic E-state index is -0.388. The fraction of sp³-hybridized carbons (Fsp3) is 0.143. The van der Waals surface area contributed by atoms with Crippen molar-refractivity contribution in [1.82, 2.24) is 10.8 Å². The number of carbonyl (C=O) groups is 1. The normalized spacial score (nSPS) is 9.80. The van der Waals surface area contributed by atoms with Gasteiger partial charge in [-0.15, -0.1) is 11.3 Å². The summed E-state index contributed by atoms with van der Waals surface area (Å²) in [4.78, 5) is 17.5. The molecule has 6 heteroatoms. The van der Waals surface area contributed by atoms with Crippen molar-refractivity contribution < 1.29 is 9.63 Å². The quantitative estimate of drug-likeness (QED) is 0.849. The van der Waals surface area contributed by atoms with Gasteiger partial charge in [-0.1, -0.05) is 18.2 Å². The van der Waals surface area contributed by atoms with E-state index in [1.165, 1.54) is 18.4 Å². The van der Waals surface area contributed by atoms with E-state index in [4.69, 9.17) is 5.26 Å². The predicted molar refractivity (Wildman–Crippen MR) is 76.9 cm³/mol. The van der Waals surface area contributed by atoms with Crippen molar-refractivity contribution >= 4 is 17.4 Å². The first-order valence-electron chi connectivity index (χ1n) is 5.89. The van der Waals surface area contributed by atoms with E-state index in [2.05, 4.69) is 21.7 Å². The third-order valence-electron chi connectivity index (χ3n) is 2.58. The summed E-state index contributed by atoms with van der Waals surface area (Å²) in [5.74, 6) is 0. The Hall–Kier alpha value is -2.36. The molecule has 0 fully saturated rings. The van der Waals surface area contributed by atoms with Crippen molar-refractivity contribution in [2.75, 3.05) is 7.11 Å². The van der Waals surface area contributed by atoms with Crippen LogP contribution in [0.1, 0.15) is 10.4 Å². The highest BCUT2D eigenvalue weighted by Gasteiger charge is 2.04. The molecule has 102 valence electrons. The molecule has 0 bridgehead atoms. The molecular formula is C14H13N3O2S. The molecule has 1 aromatic carbocycles. The van der Waals surface area contributed by atoms with Crippen LogP contribution in [0.3, 0.4) is 0 Å². The zero-order chi connectivity index (χ0) is 14.4. The smallest absolute Gasteiger partial charge is 0.332 e. The van der Waals surface area contributed by atoms with Gasteiger partial charge in [0.15, 0.2) is 0 Å². The highest BCUT2D eigenvalue weighted by atomic mass is 32.1. The Morgan fingerprint density at radius 1 is 1.40 bits per heavy atom. The van der Waals surface area contributed by atoms with Crippen molar-refractivity contribution in [1.29, 1.82) is 5.26 Å². The van der Waals surface area contributed by atoms with Gasteiger partial charge in [-0.2, -0.15) is 5.26 Å². The molecule has 0 unspecified atom stereocenters. The second-order valence-corrected chi connectivity index (χ2v) is 5.05. The minimum Gasteiger partial charge on any atom is -0.332 e. The summed E-state index contributed by atoms with van der Waals surface area (Å²) in [6.07, 6.45) is 0. The Kier molecular flexibility index (Phi) is 4.71. The fourth-order valence-electron chi connectivity index (χ4n) is 1.70. The number of hydroxylamine groups is 1. The number of nitriles is 1. The third-order valence-corrected chi connectivity index (χ3v) is 3.61. The molecule has 0 saturated carbocycles. The van der Waals surface area contributed by atoms with Crippen LogP contribution < -0.4 is 10.8 Å². The van der Waals surface area contributed by atoms with Gasteiger partial charge in [-0.3, -0.25) is 4.84 Å². The van der Waals surface area contributed by atoms with Crippen LogP contribution in [0.2, 0.25) is 0 Å². The number of rotatable bonds is 4. The number of nitrogens with zero attached hydrogens (tertiary/aromatic N) is 1. The van der Waals surface area contributed by atoms with E-state index < -0.39 is 0 Å². The van der Waals surface area contributed by atoms with Crippen LogP contribution in [-0.2, 0) is 11.4 Å². The van der Waals surface area contributed by atoms with Gasteiger partial charge in [0.05, 0.1) is 7.11 Å². The molecule has 20 heavy (non-hydrogen) atoms. The van der Waals surface area contributed by atoms with E-state index >= 15 is 0 Å². The summed E-state index contributed by atoms with van der Waals surface area (Å²) >= 11 is 1.45. The van der Waals surface area contributed by atoms with Crippen LogP contribution >= 0.6 is 11.3 Å². The summed E-state index contributed by atoms with van der Waals surface area (Å²) in [5.41, 5.74) is 4.19. The Bertz CT molecular complexity index is 646. The summed E-state index contributed by atoms with van der Waals surface area (Å²) in [5, 5.41) is 11.5. The van der Waals surface area contributed by atoms with Crippen LogP contribution in [0.4, 0.5) is 4.79 Å². The summed E-state index contributed by atoms with van der Waals surface area (Å²) in [6.45, 7) is 0.402. The first-order chi connectivity index (χ1) is 9.72. The number of nitrogens with one attached hydrogen (secondary N) is 2. The molecule has 0 aliphatic heterocycles. The van der Waals surface area contributed by atoms with E-state index in [1.54, 1.807) is 6.07 Å². The number of hydrogen-bond acceptors (Lipinski definition) is 4. The summed E-state index contributed by atoms with van der Waals surface area (Å²) in [6, 6.07) is 13.3. The number of carbonyl (C=O) groups excluding carboxylic acids is 1. The van der Waals surface area contributed by atoms with Gasteiger partial charge in [0.1, 0.15) is 10.9 Å². The molecular weight excluding hydrogens is 274 g/mol. The molecule has 0 spiro atoms. The zero-order valence-electron chi connectivity index (χ0n) is 10.8. The topological polar surface area (TPSA) is 74.2 Å². The monoisotopic (exact) mass is 287 g/mol. The summed E-state index contributed by atoms with van der Waals surface area (Å²) < 4.78 is 0. The molecule has 0 radical (unpaired) electrons. The van der Waals surface area contributed by atoms with Crippen LogP contribution in [-0.4, -0.2) is 13.1 Å². The average molecular weight is 287 g/mol. The Labute approximate surface area is 120 Å². The Balaban J connectivity index is 2.08. The van der Waals surface area contributed by atoms with Gasteiger partial charge in [0.2, 0.25) is 0 Å². The lowest BCUT2D eigenvalue weighted by Crippen LogP contribution is -2.34. The van der Waals surface area contributed by atoms with E-state index in [1.807, 2.05) is 30.3 Å². The predicted octanol–water partition coefficient (Wildman–Crippen LogP) is 2.65. The lowest BCUT2D eigenvalue weighted by atomic mass is 10.1. The Morgan fingerprint density at radius 2 is 2.25 bits per heavy atom. The maximum atomic E-state index is 11.2. The van der Waals surface area contributed by atoms with Crippen molar-refractivity contribution in [2.45, 2.75) is 6.54 Å². The standard InChI is InChI=1S/C14H13N3O2S/c1-19-17-14(18)16-9-10-3-2-4-11(7-10)13-6-5-12(8-15)20-13/h2-7H,9H2,1H3,(H2,16,17,18).